The Morgan fingerprint density at radius 2 is 2.55 bits per heavy atom. The van der Waals surface area contributed by atoms with Gasteiger partial charge in [0.1, 0.15) is 0 Å². The number of nitrogens with zero attached hydrogens (tertiary/aromatic N) is 1. The lowest BCUT2D eigenvalue weighted by Gasteiger charge is -1.98. The maximum atomic E-state index is 4.00. The van der Waals surface area contributed by atoms with E-state index in [1.807, 2.05) is 37.5 Å². The van der Waals surface area contributed by atoms with Gasteiger partial charge in [-0.2, -0.15) is 0 Å². The monoisotopic (exact) mass is 148 g/mol. The lowest BCUT2D eigenvalue weighted by molar-refractivity contribution is 0.862. The SMILES string of the molecule is CC=CNCc1cccnc1. The van der Waals surface area contributed by atoms with E-state index in [2.05, 4.69) is 10.3 Å². The van der Waals surface area contributed by atoms with E-state index in [-0.39, 0.29) is 0 Å². The van der Waals surface area contributed by atoms with Crippen molar-refractivity contribution >= 4 is 0 Å². The molecule has 0 aliphatic rings. The van der Waals surface area contributed by atoms with E-state index in [4.69, 9.17) is 0 Å². The molecule has 0 atom stereocenters. The summed E-state index contributed by atoms with van der Waals surface area (Å²) in [7, 11) is 0. The summed E-state index contributed by atoms with van der Waals surface area (Å²) in [6, 6.07) is 3.98. The molecule has 0 amide bonds. The molecule has 1 aromatic heterocycles. The largest absolute Gasteiger partial charge is 0.387 e. The van der Waals surface area contributed by atoms with Gasteiger partial charge in [0, 0.05) is 18.9 Å². The highest BCUT2D eigenvalue weighted by atomic mass is 14.8. The first-order chi connectivity index (χ1) is 5.43. The van der Waals surface area contributed by atoms with E-state index < -0.39 is 0 Å². The topological polar surface area (TPSA) is 24.9 Å². The molecule has 0 bridgehead atoms. The van der Waals surface area contributed by atoms with Crippen molar-refractivity contribution in [2.75, 3.05) is 0 Å². The zero-order valence-corrected chi connectivity index (χ0v) is 6.62. The summed E-state index contributed by atoms with van der Waals surface area (Å²) in [5.41, 5.74) is 1.20. The highest BCUT2D eigenvalue weighted by Crippen LogP contribution is 1.93. The smallest absolute Gasteiger partial charge is 0.0410 e. The van der Waals surface area contributed by atoms with Gasteiger partial charge in [0.05, 0.1) is 0 Å². The Morgan fingerprint density at radius 1 is 1.64 bits per heavy atom. The Balaban J connectivity index is 2.39. The van der Waals surface area contributed by atoms with Crippen LogP contribution in [0.3, 0.4) is 0 Å². The zero-order chi connectivity index (χ0) is 7.94. The molecule has 0 saturated heterocycles. The highest BCUT2D eigenvalue weighted by Gasteiger charge is 1.85. The van der Waals surface area contributed by atoms with Crippen molar-refractivity contribution in [1.82, 2.24) is 10.3 Å². The fourth-order valence-corrected chi connectivity index (χ4v) is 0.797. The number of pyridine rings is 1. The lowest BCUT2D eigenvalue weighted by Crippen LogP contribution is -2.03. The van der Waals surface area contributed by atoms with Gasteiger partial charge in [0.2, 0.25) is 0 Å². The highest BCUT2D eigenvalue weighted by molar-refractivity contribution is 5.08. The van der Waals surface area contributed by atoms with Gasteiger partial charge in [0.25, 0.3) is 0 Å². The van der Waals surface area contributed by atoms with Crippen LogP contribution in [0.25, 0.3) is 0 Å². The number of aromatic nitrogens is 1. The minimum atomic E-state index is 0.845. The van der Waals surface area contributed by atoms with Crippen molar-refractivity contribution in [2.45, 2.75) is 13.5 Å². The Hall–Kier alpha value is -1.31. The van der Waals surface area contributed by atoms with Crippen LogP contribution >= 0.6 is 0 Å². The predicted molar refractivity (Wildman–Crippen MR) is 45.9 cm³/mol. The molecular formula is C9H12N2. The maximum Gasteiger partial charge on any atom is 0.0410 e. The second-order valence-corrected chi connectivity index (χ2v) is 2.24. The molecule has 0 spiro atoms. The van der Waals surface area contributed by atoms with Crippen LogP contribution in [0.1, 0.15) is 12.5 Å². The van der Waals surface area contributed by atoms with E-state index in [9.17, 15) is 0 Å². The quantitative estimate of drug-likeness (QED) is 0.705. The molecule has 0 aliphatic heterocycles. The average Bonchev–Trinajstić information content (AvgIpc) is 2.07. The summed E-state index contributed by atoms with van der Waals surface area (Å²) < 4.78 is 0. The molecular weight excluding hydrogens is 136 g/mol. The first-order valence-electron chi connectivity index (χ1n) is 3.67. The number of allylic oxidation sites excluding steroid dienone is 1. The van der Waals surface area contributed by atoms with Gasteiger partial charge in [0.15, 0.2) is 0 Å². The molecule has 0 aliphatic carbocycles. The second-order valence-electron chi connectivity index (χ2n) is 2.24. The van der Waals surface area contributed by atoms with Gasteiger partial charge in [-0.1, -0.05) is 12.1 Å². The van der Waals surface area contributed by atoms with Crippen LogP contribution in [0.5, 0.6) is 0 Å². The van der Waals surface area contributed by atoms with E-state index in [0.717, 1.165) is 6.54 Å². The van der Waals surface area contributed by atoms with Crippen LogP contribution in [0, 0.1) is 0 Å². The number of hydrogen-bond donors (Lipinski definition) is 1. The van der Waals surface area contributed by atoms with Crippen molar-refractivity contribution in [3.8, 4) is 0 Å². The molecule has 1 rings (SSSR count). The van der Waals surface area contributed by atoms with Crippen LogP contribution in [0.2, 0.25) is 0 Å². The standard InChI is InChI=1S/C9H12N2/c1-2-5-10-7-9-4-3-6-11-8-9/h2-6,8,10H,7H2,1H3. The normalized spacial score (nSPS) is 10.3. The Morgan fingerprint density at radius 3 is 3.18 bits per heavy atom. The molecule has 58 valence electrons. The van der Waals surface area contributed by atoms with Crippen molar-refractivity contribution in [3.05, 3.63) is 42.4 Å². The summed E-state index contributed by atoms with van der Waals surface area (Å²) in [6.07, 6.45) is 7.53. The van der Waals surface area contributed by atoms with Gasteiger partial charge in [-0.15, -0.1) is 0 Å². The molecule has 0 fully saturated rings. The minimum absolute atomic E-state index is 0.845. The Labute approximate surface area is 67.0 Å². The molecule has 1 heterocycles. The first kappa shape index (κ1) is 7.79. The average molecular weight is 148 g/mol. The predicted octanol–water partition coefficient (Wildman–Crippen LogP) is 1.70. The van der Waals surface area contributed by atoms with Crippen LogP contribution < -0.4 is 5.32 Å². The third kappa shape index (κ3) is 2.85. The summed E-state index contributed by atoms with van der Waals surface area (Å²) in [4.78, 5) is 4.00. The van der Waals surface area contributed by atoms with Gasteiger partial charge < -0.3 is 5.32 Å². The van der Waals surface area contributed by atoms with Crippen LogP contribution in [0.4, 0.5) is 0 Å². The van der Waals surface area contributed by atoms with Crippen LogP contribution in [0.15, 0.2) is 36.8 Å². The number of nitrogens with one attached hydrogen (secondary N) is 1. The number of hydrogen-bond acceptors (Lipinski definition) is 2. The summed E-state index contributed by atoms with van der Waals surface area (Å²) in [5.74, 6) is 0. The molecule has 11 heavy (non-hydrogen) atoms. The third-order valence-electron chi connectivity index (χ3n) is 1.31. The fourth-order valence-electron chi connectivity index (χ4n) is 0.797. The molecule has 0 radical (unpaired) electrons. The minimum Gasteiger partial charge on any atom is -0.387 e. The molecule has 2 heteroatoms. The van der Waals surface area contributed by atoms with E-state index in [1.165, 1.54) is 5.56 Å². The lowest BCUT2D eigenvalue weighted by atomic mass is 10.3. The van der Waals surface area contributed by atoms with Crippen molar-refractivity contribution in [3.63, 3.8) is 0 Å². The summed E-state index contributed by atoms with van der Waals surface area (Å²) >= 11 is 0. The van der Waals surface area contributed by atoms with Gasteiger partial charge >= 0.3 is 0 Å². The molecule has 0 saturated carbocycles. The van der Waals surface area contributed by atoms with Crippen LogP contribution in [-0.2, 0) is 6.54 Å². The fraction of sp³-hybridized carbons (Fsp3) is 0.222. The summed E-state index contributed by atoms with van der Waals surface area (Å²) in [6.45, 7) is 2.83. The van der Waals surface area contributed by atoms with Crippen molar-refractivity contribution < 1.29 is 0 Å². The molecule has 0 aromatic carbocycles. The van der Waals surface area contributed by atoms with E-state index in [1.54, 1.807) is 6.20 Å². The first-order valence-corrected chi connectivity index (χ1v) is 3.67. The van der Waals surface area contributed by atoms with E-state index in [0.29, 0.717) is 0 Å². The molecule has 1 aromatic rings. The van der Waals surface area contributed by atoms with Gasteiger partial charge in [-0.3, -0.25) is 4.98 Å². The third-order valence-corrected chi connectivity index (χ3v) is 1.31. The molecule has 2 nitrogen and oxygen atoms in total. The number of rotatable bonds is 3. The van der Waals surface area contributed by atoms with Gasteiger partial charge in [-0.05, 0) is 24.8 Å². The molecule has 0 unspecified atom stereocenters. The molecule has 1 N–H and O–H groups in total. The van der Waals surface area contributed by atoms with Crippen molar-refractivity contribution in [1.29, 1.82) is 0 Å². The zero-order valence-electron chi connectivity index (χ0n) is 6.62. The second kappa shape index (κ2) is 4.50. The summed E-state index contributed by atoms with van der Waals surface area (Å²) in [5, 5.41) is 3.13. The van der Waals surface area contributed by atoms with Gasteiger partial charge in [-0.25, -0.2) is 0 Å². The Kier molecular flexibility index (Phi) is 3.19. The Bertz CT molecular complexity index is 216. The van der Waals surface area contributed by atoms with E-state index >= 15 is 0 Å². The van der Waals surface area contributed by atoms with Crippen molar-refractivity contribution in [2.24, 2.45) is 0 Å². The maximum absolute atomic E-state index is 4.00. The van der Waals surface area contributed by atoms with Crippen LogP contribution in [-0.4, -0.2) is 4.98 Å².